The molecular weight excluding hydrogens is 429 g/mol. The lowest BCUT2D eigenvalue weighted by Gasteiger charge is -2.26. The van der Waals surface area contributed by atoms with E-state index in [2.05, 4.69) is 81.9 Å². The summed E-state index contributed by atoms with van der Waals surface area (Å²) in [6.45, 7) is 1.94. The molecule has 0 bridgehead atoms. The fraction of sp³-hybridized carbons (Fsp3) is 0.417. The van der Waals surface area contributed by atoms with Gasteiger partial charge in [0, 0.05) is 65.3 Å². The number of halogens is 2. The number of hydrogen-bond donors (Lipinski definition) is 0. The van der Waals surface area contributed by atoms with Gasteiger partial charge in [0.05, 0.1) is 0 Å². The van der Waals surface area contributed by atoms with Crippen molar-refractivity contribution in [2.24, 2.45) is 7.05 Å². The van der Waals surface area contributed by atoms with Crippen molar-refractivity contribution in [1.82, 2.24) is 14.4 Å². The molecule has 5 rings (SSSR count). The van der Waals surface area contributed by atoms with Crippen LogP contribution >= 0.6 is 15.9 Å². The first kappa shape index (κ1) is 19.3. The molecule has 1 aliphatic heterocycles. The Bertz CT molecular complexity index is 1070. The average molecular weight is 456 g/mol. The van der Waals surface area contributed by atoms with Gasteiger partial charge in [0.25, 0.3) is 0 Å². The van der Waals surface area contributed by atoms with Gasteiger partial charge in [-0.2, -0.15) is 0 Å². The first-order chi connectivity index (χ1) is 13.9. The van der Waals surface area contributed by atoms with Gasteiger partial charge in [-0.15, -0.1) is 0 Å². The number of benzene rings is 2. The van der Waals surface area contributed by atoms with E-state index in [0.29, 0.717) is 12.0 Å². The molecule has 1 unspecified atom stereocenters. The Morgan fingerprint density at radius 3 is 2.76 bits per heavy atom. The number of likely N-dealkylation sites (N-methyl/N-ethyl adjacent to an activating group) is 1. The largest absolute Gasteiger partial charge is 0.350 e. The Hall–Kier alpha value is -1.69. The second-order valence-electron chi connectivity index (χ2n) is 8.82. The summed E-state index contributed by atoms with van der Waals surface area (Å²) in [5, 5.41) is 1.33. The normalized spacial score (nSPS) is 24.7. The molecule has 0 radical (unpaired) electrons. The maximum atomic E-state index is 14.7. The summed E-state index contributed by atoms with van der Waals surface area (Å²) in [5.74, 6) is 0.371. The van der Waals surface area contributed by atoms with Gasteiger partial charge in [0.2, 0.25) is 0 Å². The average Bonchev–Trinajstić information content (AvgIpc) is 3.37. The van der Waals surface area contributed by atoms with Crippen molar-refractivity contribution >= 4 is 26.8 Å². The number of likely N-dealkylation sites (tertiary alicyclic amines) is 1. The first-order valence-corrected chi connectivity index (χ1v) is 11.2. The quantitative estimate of drug-likeness (QED) is 0.544. The van der Waals surface area contributed by atoms with Crippen LogP contribution in [-0.4, -0.2) is 47.6 Å². The van der Waals surface area contributed by atoms with Gasteiger partial charge in [-0.05, 0) is 56.3 Å². The molecule has 2 heterocycles. The Morgan fingerprint density at radius 2 is 1.97 bits per heavy atom. The summed E-state index contributed by atoms with van der Waals surface area (Å²) in [5.41, 5.74) is 4.79. The third kappa shape index (κ3) is 3.15. The SMILES string of the molecule is CN(C)[C@H]1CN(C2CCc3cccc(F)c32)C[C@@H]1c1cn(C)c2cc(Br)ccc12. The summed E-state index contributed by atoms with van der Waals surface area (Å²) in [6, 6.07) is 12.7. The maximum absolute atomic E-state index is 14.7. The van der Waals surface area contributed by atoms with Gasteiger partial charge >= 0.3 is 0 Å². The minimum absolute atomic E-state index is 0.0372. The highest BCUT2D eigenvalue weighted by Crippen LogP contribution is 2.43. The van der Waals surface area contributed by atoms with Crippen molar-refractivity contribution in [3.05, 3.63) is 69.6 Å². The molecule has 0 spiro atoms. The van der Waals surface area contributed by atoms with E-state index >= 15 is 0 Å². The zero-order valence-electron chi connectivity index (χ0n) is 17.2. The van der Waals surface area contributed by atoms with Crippen LogP contribution in [-0.2, 0) is 13.5 Å². The van der Waals surface area contributed by atoms with Gasteiger partial charge in [-0.25, -0.2) is 4.39 Å². The van der Waals surface area contributed by atoms with Crippen LogP contribution in [0.1, 0.15) is 35.1 Å². The molecular formula is C24H27BrFN3. The lowest BCUT2D eigenvalue weighted by molar-refractivity contribution is 0.213. The van der Waals surface area contributed by atoms with E-state index in [4.69, 9.17) is 0 Å². The number of rotatable bonds is 3. The Labute approximate surface area is 180 Å². The first-order valence-electron chi connectivity index (χ1n) is 10.4. The predicted octanol–water partition coefficient (Wildman–Crippen LogP) is 5.10. The Kier molecular flexibility index (Phi) is 4.80. The second-order valence-corrected chi connectivity index (χ2v) is 9.73. The topological polar surface area (TPSA) is 11.4 Å². The summed E-state index contributed by atoms with van der Waals surface area (Å²) in [4.78, 5) is 4.88. The molecule has 3 atom stereocenters. The van der Waals surface area contributed by atoms with E-state index in [1.54, 1.807) is 6.07 Å². The van der Waals surface area contributed by atoms with E-state index in [0.717, 1.165) is 36.0 Å². The molecule has 0 saturated carbocycles. The van der Waals surface area contributed by atoms with Gasteiger partial charge in [0.1, 0.15) is 5.82 Å². The van der Waals surface area contributed by atoms with Crippen molar-refractivity contribution in [1.29, 1.82) is 0 Å². The van der Waals surface area contributed by atoms with E-state index < -0.39 is 0 Å². The minimum Gasteiger partial charge on any atom is -0.350 e. The molecule has 1 aliphatic carbocycles. The minimum atomic E-state index is -0.0372. The van der Waals surface area contributed by atoms with Crippen molar-refractivity contribution in [2.75, 3.05) is 27.2 Å². The molecule has 1 aromatic heterocycles. The maximum Gasteiger partial charge on any atom is 0.128 e. The van der Waals surface area contributed by atoms with Gasteiger partial charge < -0.3 is 9.47 Å². The molecule has 3 aromatic rings. The zero-order chi connectivity index (χ0) is 20.3. The Balaban J connectivity index is 1.53. The summed E-state index contributed by atoms with van der Waals surface area (Å²) in [6.07, 6.45) is 4.30. The van der Waals surface area contributed by atoms with Crippen molar-refractivity contribution in [2.45, 2.75) is 30.8 Å². The van der Waals surface area contributed by atoms with Crippen molar-refractivity contribution < 1.29 is 4.39 Å². The lowest BCUT2D eigenvalue weighted by Crippen LogP contribution is -2.35. The number of fused-ring (bicyclic) bond motifs is 2. The number of aryl methyl sites for hydroxylation is 2. The fourth-order valence-corrected chi connectivity index (χ4v) is 5.91. The molecule has 5 heteroatoms. The molecule has 1 saturated heterocycles. The second kappa shape index (κ2) is 7.22. The smallest absolute Gasteiger partial charge is 0.128 e. The monoisotopic (exact) mass is 455 g/mol. The standard InChI is InChI=1S/C24H27BrFN3/c1-27(2)23-14-29(21-10-7-15-5-4-6-20(26)24(15)21)13-19(23)18-12-28(3)22-11-16(25)8-9-17(18)22/h4-6,8-9,11-12,19,21,23H,7,10,13-14H2,1-3H3/t19-,21?,23+/m1/s1. The third-order valence-electron chi connectivity index (χ3n) is 6.97. The van der Waals surface area contributed by atoms with Crippen LogP contribution in [0, 0.1) is 5.82 Å². The molecule has 3 nitrogen and oxygen atoms in total. The van der Waals surface area contributed by atoms with Crippen LogP contribution < -0.4 is 0 Å². The van der Waals surface area contributed by atoms with Crippen LogP contribution in [0.2, 0.25) is 0 Å². The predicted molar refractivity (Wildman–Crippen MR) is 120 cm³/mol. The van der Waals surface area contributed by atoms with E-state index in [9.17, 15) is 4.39 Å². The summed E-state index contributed by atoms with van der Waals surface area (Å²) in [7, 11) is 6.47. The van der Waals surface area contributed by atoms with Crippen LogP contribution in [0.15, 0.2) is 47.1 Å². The van der Waals surface area contributed by atoms with Crippen LogP contribution in [0.25, 0.3) is 10.9 Å². The number of aromatic nitrogens is 1. The molecule has 29 heavy (non-hydrogen) atoms. The highest BCUT2D eigenvalue weighted by atomic mass is 79.9. The third-order valence-corrected chi connectivity index (χ3v) is 7.46. The van der Waals surface area contributed by atoms with Gasteiger partial charge in [-0.3, -0.25) is 4.90 Å². The van der Waals surface area contributed by atoms with Crippen LogP contribution in [0.4, 0.5) is 4.39 Å². The molecule has 2 aliphatic rings. The summed E-state index contributed by atoms with van der Waals surface area (Å²) >= 11 is 3.61. The van der Waals surface area contributed by atoms with Gasteiger partial charge in [0.15, 0.2) is 0 Å². The van der Waals surface area contributed by atoms with E-state index in [1.807, 2.05) is 6.07 Å². The molecule has 0 N–H and O–H groups in total. The number of nitrogens with zero attached hydrogens (tertiary/aromatic N) is 3. The number of hydrogen-bond acceptors (Lipinski definition) is 2. The molecule has 1 fully saturated rings. The lowest BCUT2D eigenvalue weighted by atomic mass is 9.93. The van der Waals surface area contributed by atoms with Crippen LogP contribution in [0.5, 0.6) is 0 Å². The van der Waals surface area contributed by atoms with Crippen molar-refractivity contribution in [3.8, 4) is 0 Å². The summed E-state index contributed by atoms with van der Waals surface area (Å²) < 4.78 is 18.0. The Morgan fingerprint density at radius 1 is 1.14 bits per heavy atom. The van der Waals surface area contributed by atoms with E-state index in [-0.39, 0.29) is 11.9 Å². The molecule has 0 amide bonds. The zero-order valence-corrected chi connectivity index (χ0v) is 18.8. The van der Waals surface area contributed by atoms with Crippen LogP contribution in [0.3, 0.4) is 0 Å². The highest BCUT2D eigenvalue weighted by molar-refractivity contribution is 9.10. The molecule has 152 valence electrons. The highest BCUT2D eigenvalue weighted by Gasteiger charge is 2.42. The van der Waals surface area contributed by atoms with Crippen molar-refractivity contribution in [3.63, 3.8) is 0 Å². The fourth-order valence-electron chi connectivity index (χ4n) is 5.56. The van der Waals surface area contributed by atoms with E-state index in [1.165, 1.54) is 22.0 Å². The molecule has 2 aromatic carbocycles. The van der Waals surface area contributed by atoms with Gasteiger partial charge in [-0.1, -0.05) is 34.1 Å².